The van der Waals surface area contributed by atoms with Crippen molar-refractivity contribution in [3.05, 3.63) is 23.8 Å². The van der Waals surface area contributed by atoms with Gasteiger partial charge in [0.25, 0.3) is 0 Å². The summed E-state index contributed by atoms with van der Waals surface area (Å²) < 4.78 is 34.2. The summed E-state index contributed by atoms with van der Waals surface area (Å²) >= 11 is 0. The molecule has 1 aromatic rings. The molecule has 1 saturated carbocycles. The molecular weight excluding hydrogens is 376 g/mol. The molecule has 1 aromatic carbocycles. The van der Waals surface area contributed by atoms with Crippen molar-refractivity contribution in [2.24, 2.45) is 5.41 Å². The average Bonchev–Trinajstić information content (AvgIpc) is 3.08. The zero-order valence-corrected chi connectivity index (χ0v) is 17.6. The zero-order valence-electron chi connectivity index (χ0n) is 16.8. The van der Waals surface area contributed by atoms with E-state index < -0.39 is 10.0 Å². The molecule has 0 radical (unpaired) electrons. The first-order chi connectivity index (χ1) is 13.4. The predicted molar refractivity (Wildman–Crippen MR) is 108 cm³/mol. The number of amides is 1. The van der Waals surface area contributed by atoms with E-state index in [1.807, 2.05) is 0 Å². The number of ether oxygens (including phenoxy) is 1. The summed E-state index contributed by atoms with van der Waals surface area (Å²) in [5.74, 6) is 0.00127. The number of aryl methyl sites for hydroxylation is 1. The van der Waals surface area contributed by atoms with Gasteiger partial charge in [-0.3, -0.25) is 4.79 Å². The van der Waals surface area contributed by atoms with Gasteiger partial charge < -0.3 is 9.64 Å². The third-order valence-electron chi connectivity index (χ3n) is 6.87. The van der Waals surface area contributed by atoms with Gasteiger partial charge in [-0.15, -0.1) is 0 Å². The number of hydrogen-bond donors (Lipinski definition) is 0. The van der Waals surface area contributed by atoms with Gasteiger partial charge in [-0.1, -0.05) is 6.42 Å². The molecule has 1 amide bonds. The topological polar surface area (TPSA) is 66.9 Å². The molecule has 0 unspecified atom stereocenters. The molecule has 1 saturated heterocycles. The minimum absolute atomic E-state index is 0.00127. The Morgan fingerprint density at radius 3 is 2.71 bits per heavy atom. The summed E-state index contributed by atoms with van der Waals surface area (Å²) in [7, 11) is -1.81. The van der Waals surface area contributed by atoms with Crippen LogP contribution in [0, 0.1) is 5.41 Å². The summed E-state index contributed by atoms with van der Waals surface area (Å²) in [6, 6.07) is 5.25. The number of methoxy groups -OCH3 is 1. The van der Waals surface area contributed by atoms with Crippen LogP contribution in [-0.4, -0.2) is 51.5 Å². The van der Waals surface area contributed by atoms with E-state index in [9.17, 15) is 13.2 Å². The van der Waals surface area contributed by atoms with Gasteiger partial charge in [0.1, 0.15) is 0 Å². The van der Waals surface area contributed by atoms with Crippen molar-refractivity contribution in [3.8, 4) is 0 Å². The number of sulfonamides is 1. The quantitative estimate of drug-likeness (QED) is 0.774. The monoisotopic (exact) mass is 406 g/mol. The van der Waals surface area contributed by atoms with Crippen LogP contribution < -0.4 is 4.90 Å². The Bertz CT molecular complexity index is 869. The number of rotatable bonds is 3. The first-order valence-corrected chi connectivity index (χ1v) is 11.8. The van der Waals surface area contributed by atoms with Gasteiger partial charge in [-0.2, -0.15) is 4.31 Å². The summed E-state index contributed by atoms with van der Waals surface area (Å²) in [5, 5.41) is 0. The van der Waals surface area contributed by atoms with E-state index in [0.717, 1.165) is 56.2 Å². The van der Waals surface area contributed by atoms with Crippen LogP contribution in [-0.2, 0) is 26.0 Å². The molecule has 2 aliphatic heterocycles. The van der Waals surface area contributed by atoms with Gasteiger partial charge in [-0.25, -0.2) is 8.42 Å². The molecule has 1 aliphatic carbocycles. The second kappa shape index (κ2) is 7.43. The fourth-order valence-electron chi connectivity index (χ4n) is 5.47. The number of nitrogens with zero attached hydrogens (tertiary/aromatic N) is 2. The van der Waals surface area contributed by atoms with Gasteiger partial charge in [-0.05, 0) is 62.3 Å². The van der Waals surface area contributed by atoms with Gasteiger partial charge in [0.05, 0.1) is 11.0 Å². The number of fused-ring (bicyclic) bond motifs is 1. The van der Waals surface area contributed by atoms with Crippen LogP contribution >= 0.6 is 0 Å². The second-order valence-electron chi connectivity index (χ2n) is 8.49. The zero-order chi connectivity index (χ0) is 19.9. The van der Waals surface area contributed by atoms with Gasteiger partial charge in [0.2, 0.25) is 15.9 Å². The lowest BCUT2D eigenvalue weighted by Crippen LogP contribution is -2.49. The normalized spacial score (nSPS) is 28.5. The highest BCUT2D eigenvalue weighted by Crippen LogP contribution is 2.47. The SMILES string of the molecule is CO[C@@H]1CCC[C@]12CCCN(S(=O)(=O)c1ccc3c(c1)CCCN3C(C)=O)C2. The molecule has 0 N–H and O–H groups in total. The fraction of sp³-hybridized carbons (Fsp3) is 0.667. The summed E-state index contributed by atoms with van der Waals surface area (Å²) in [5.41, 5.74) is 1.76. The largest absolute Gasteiger partial charge is 0.381 e. The number of carbonyl (C=O) groups is 1. The van der Waals surface area contributed by atoms with E-state index in [1.165, 1.54) is 0 Å². The van der Waals surface area contributed by atoms with E-state index >= 15 is 0 Å². The van der Waals surface area contributed by atoms with Crippen LogP contribution in [0.5, 0.6) is 0 Å². The highest BCUT2D eigenvalue weighted by atomic mass is 32.2. The summed E-state index contributed by atoms with van der Waals surface area (Å²) in [6.07, 6.45) is 6.89. The molecule has 2 heterocycles. The van der Waals surface area contributed by atoms with E-state index in [1.54, 1.807) is 41.4 Å². The van der Waals surface area contributed by atoms with Crippen LogP contribution in [0.1, 0.15) is 51.0 Å². The van der Waals surface area contributed by atoms with Crippen molar-refractivity contribution in [3.63, 3.8) is 0 Å². The highest BCUT2D eigenvalue weighted by Gasteiger charge is 2.48. The van der Waals surface area contributed by atoms with Crippen molar-refractivity contribution in [2.75, 3.05) is 31.6 Å². The average molecular weight is 407 g/mol. The highest BCUT2D eigenvalue weighted by molar-refractivity contribution is 7.89. The van der Waals surface area contributed by atoms with Gasteiger partial charge in [0.15, 0.2) is 0 Å². The van der Waals surface area contributed by atoms with Crippen molar-refractivity contribution in [2.45, 2.75) is 62.9 Å². The maximum Gasteiger partial charge on any atom is 0.243 e. The lowest BCUT2D eigenvalue weighted by Gasteiger charge is -2.43. The third-order valence-corrected chi connectivity index (χ3v) is 8.71. The maximum absolute atomic E-state index is 13.4. The van der Waals surface area contributed by atoms with Crippen LogP contribution in [0.3, 0.4) is 0 Å². The third kappa shape index (κ3) is 3.27. The molecule has 154 valence electrons. The Morgan fingerprint density at radius 2 is 1.96 bits per heavy atom. The first kappa shape index (κ1) is 19.9. The van der Waals surface area contributed by atoms with E-state index in [4.69, 9.17) is 4.74 Å². The van der Waals surface area contributed by atoms with E-state index in [0.29, 0.717) is 24.5 Å². The van der Waals surface area contributed by atoms with Crippen LogP contribution in [0.4, 0.5) is 5.69 Å². The molecule has 2 fully saturated rings. The van der Waals surface area contributed by atoms with Crippen molar-refractivity contribution < 1.29 is 17.9 Å². The smallest absolute Gasteiger partial charge is 0.243 e. The van der Waals surface area contributed by atoms with Gasteiger partial charge >= 0.3 is 0 Å². The van der Waals surface area contributed by atoms with Crippen molar-refractivity contribution in [1.82, 2.24) is 4.31 Å². The predicted octanol–water partition coefficient (Wildman–Crippen LogP) is 2.96. The van der Waals surface area contributed by atoms with Gasteiger partial charge in [0, 0.05) is 44.8 Å². The standard InChI is InChI=1S/C21H30N2O4S/c1-16(24)23-13-4-6-17-14-18(8-9-19(17)23)28(25,26)22-12-5-11-21(15-22)10-3-7-20(21)27-2/h8-9,14,20H,3-7,10-13,15H2,1-2H3/t20-,21-/m1/s1. The van der Waals surface area contributed by atoms with Crippen LogP contribution in [0.15, 0.2) is 23.1 Å². The second-order valence-corrected chi connectivity index (χ2v) is 10.4. The molecular formula is C21H30N2O4S. The van der Waals surface area contributed by atoms with Crippen molar-refractivity contribution >= 4 is 21.6 Å². The number of anilines is 1. The van der Waals surface area contributed by atoms with Crippen molar-refractivity contribution in [1.29, 1.82) is 0 Å². The van der Waals surface area contributed by atoms with Crippen LogP contribution in [0.25, 0.3) is 0 Å². The lowest BCUT2D eigenvalue weighted by atomic mass is 9.77. The van der Waals surface area contributed by atoms with E-state index in [2.05, 4.69) is 0 Å². The minimum Gasteiger partial charge on any atom is -0.381 e. The summed E-state index contributed by atoms with van der Waals surface area (Å²) in [4.78, 5) is 14.0. The molecule has 7 heteroatoms. The molecule has 2 atom stereocenters. The fourth-order valence-corrected chi connectivity index (χ4v) is 7.10. The molecule has 4 rings (SSSR count). The number of piperidine rings is 1. The molecule has 28 heavy (non-hydrogen) atoms. The number of hydrogen-bond acceptors (Lipinski definition) is 4. The van der Waals surface area contributed by atoms with E-state index in [-0.39, 0.29) is 17.4 Å². The Morgan fingerprint density at radius 1 is 1.18 bits per heavy atom. The Kier molecular flexibility index (Phi) is 5.27. The minimum atomic E-state index is -3.55. The molecule has 0 aromatic heterocycles. The first-order valence-electron chi connectivity index (χ1n) is 10.3. The Hall–Kier alpha value is -1.44. The maximum atomic E-state index is 13.4. The Labute approximate surface area is 167 Å². The molecule has 0 bridgehead atoms. The molecule has 1 spiro atoms. The number of carbonyl (C=O) groups excluding carboxylic acids is 1. The molecule has 6 nitrogen and oxygen atoms in total. The summed E-state index contributed by atoms with van der Waals surface area (Å²) in [6.45, 7) is 3.36. The molecule has 3 aliphatic rings. The number of benzene rings is 1. The lowest BCUT2D eigenvalue weighted by molar-refractivity contribution is -0.116. The van der Waals surface area contributed by atoms with Crippen LogP contribution in [0.2, 0.25) is 0 Å². The Balaban J connectivity index is 1.63.